The number of aromatic nitrogens is 4. The fourth-order valence-electron chi connectivity index (χ4n) is 1.49. The molecule has 2 aromatic heterocycles. The van der Waals surface area contributed by atoms with Crippen LogP contribution < -0.4 is 0 Å². The van der Waals surface area contributed by atoms with Crippen LogP contribution in [0.1, 0.15) is 25.4 Å². The summed E-state index contributed by atoms with van der Waals surface area (Å²) in [4.78, 5) is 0. The van der Waals surface area contributed by atoms with Crippen LogP contribution in [0.5, 0.6) is 0 Å². The molecule has 0 radical (unpaired) electrons. The summed E-state index contributed by atoms with van der Waals surface area (Å²) in [6.45, 7) is 6.35. The zero-order valence-electron chi connectivity index (χ0n) is 8.20. The molecule has 0 saturated heterocycles. The quantitative estimate of drug-likeness (QED) is 0.758. The number of hydrogen-bond donors (Lipinski definition) is 1. The molecule has 0 amide bonds. The van der Waals surface area contributed by atoms with E-state index in [-0.39, 0.29) is 0 Å². The third kappa shape index (κ3) is 1.43. The summed E-state index contributed by atoms with van der Waals surface area (Å²) in [5.41, 5.74) is 2.14. The molecule has 0 unspecified atom stereocenters. The minimum atomic E-state index is 0.664. The van der Waals surface area contributed by atoms with Gasteiger partial charge in [-0.2, -0.15) is 0 Å². The van der Waals surface area contributed by atoms with Gasteiger partial charge in [-0.25, -0.2) is 4.52 Å². The number of fused-ring (bicyclic) bond motifs is 1. The number of H-pyrrole nitrogens is 1. The van der Waals surface area contributed by atoms with E-state index in [9.17, 15) is 0 Å². The molecular formula is C9H14N4. The summed E-state index contributed by atoms with van der Waals surface area (Å²) < 4.78 is 1.91. The predicted octanol–water partition coefficient (Wildman–Crippen LogP) is 1.56. The van der Waals surface area contributed by atoms with Gasteiger partial charge in [0.1, 0.15) is 5.82 Å². The van der Waals surface area contributed by atoms with Gasteiger partial charge in [0, 0.05) is 11.8 Å². The third-order valence-electron chi connectivity index (χ3n) is 2.04. The molecule has 0 aliphatic heterocycles. The number of hydrogen-bond acceptors (Lipinski definition) is 2. The molecule has 0 aliphatic rings. The first-order valence-electron chi connectivity index (χ1n) is 4.56. The van der Waals surface area contributed by atoms with Gasteiger partial charge in [-0.05, 0) is 19.3 Å². The molecule has 0 atom stereocenters. The molecule has 2 rings (SSSR count). The highest BCUT2D eigenvalue weighted by Crippen LogP contribution is 2.09. The Kier molecular flexibility index (Phi) is 1.83. The molecular weight excluding hydrogens is 164 g/mol. The van der Waals surface area contributed by atoms with Gasteiger partial charge in [0.25, 0.3) is 0 Å². The van der Waals surface area contributed by atoms with E-state index < -0.39 is 0 Å². The first kappa shape index (κ1) is 8.29. The second kappa shape index (κ2) is 2.87. The molecule has 0 spiro atoms. The topological polar surface area (TPSA) is 46.0 Å². The van der Waals surface area contributed by atoms with Crippen molar-refractivity contribution in [1.82, 2.24) is 19.8 Å². The van der Waals surface area contributed by atoms with Gasteiger partial charge in [-0.15, -0.1) is 10.2 Å². The Morgan fingerprint density at radius 3 is 2.85 bits per heavy atom. The molecule has 0 fully saturated rings. The Balaban J connectivity index is 2.39. The van der Waals surface area contributed by atoms with E-state index in [2.05, 4.69) is 35.2 Å². The van der Waals surface area contributed by atoms with E-state index >= 15 is 0 Å². The van der Waals surface area contributed by atoms with Crippen LogP contribution in [0, 0.1) is 12.8 Å². The molecule has 4 nitrogen and oxygen atoms in total. The van der Waals surface area contributed by atoms with E-state index in [0.29, 0.717) is 5.92 Å². The summed E-state index contributed by atoms with van der Waals surface area (Å²) in [6.07, 6.45) is 1.06. The van der Waals surface area contributed by atoms with Crippen LogP contribution >= 0.6 is 0 Å². The van der Waals surface area contributed by atoms with E-state index in [1.807, 2.05) is 11.4 Å². The summed E-state index contributed by atoms with van der Waals surface area (Å²) >= 11 is 0. The van der Waals surface area contributed by atoms with Crippen LogP contribution in [0.3, 0.4) is 0 Å². The second-order valence-corrected chi connectivity index (χ2v) is 3.82. The van der Waals surface area contributed by atoms with Gasteiger partial charge < -0.3 is 0 Å². The van der Waals surface area contributed by atoms with Crippen molar-refractivity contribution in [3.8, 4) is 0 Å². The average Bonchev–Trinajstić information content (AvgIpc) is 2.53. The molecule has 2 heterocycles. The average molecular weight is 178 g/mol. The van der Waals surface area contributed by atoms with Crippen molar-refractivity contribution in [2.24, 2.45) is 5.92 Å². The fourth-order valence-corrected chi connectivity index (χ4v) is 1.49. The van der Waals surface area contributed by atoms with Crippen LogP contribution in [0.4, 0.5) is 0 Å². The van der Waals surface area contributed by atoms with Crippen molar-refractivity contribution in [3.05, 3.63) is 17.6 Å². The van der Waals surface area contributed by atoms with Gasteiger partial charge >= 0.3 is 0 Å². The largest absolute Gasteiger partial charge is 0.295 e. The summed E-state index contributed by atoms with van der Waals surface area (Å²) in [6, 6.07) is 2.06. The van der Waals surface area contributed by atoms with Crippen molar-refractivity contribution >= 4 is 5.65 Å². The van der Waals surface area contributed by atoms with Crippen molar-refractivity contribution < 1.29 is 0 Å². The summed E-state index contributed by atoms with van der Waals surface area (Å²) in [5.74, 6) is 1.57. The van der Waals surface area contributed by atoms with Gasteiger partial charge in [0.05, 0.1) is 0 Å². The second-order valence-electron chi connectivity index (χ2n) is 3.82. The first-order valence-corrected chi connectivity index (χ1v) is 4.56. The van der Waals surface area contributed by atoms with Crippen LogP contribution in [-0.4, -0.2) is 19.8 Å². The van der Waals surface area contributed by atoms with Crippen molar-refractivity contribution in [3.63, 3.8) is 0 Å². The Labute approximate surface area is 77.0 Å². The normalized spacial score (nSPS) is 11.7. The number of rotatable bonds is 2. The molecule has 2 aromatic rings. The molecule has 0 aliphatic carbocycles. The lowest BCUT2D eigenvalue weighted by molar-refractivity contribution is 0.629. The molecule has 0 aromatic carbocycles. The molecule has 70 valence electrons. The van der Waals surface area contributed by atoms with Gasteiger partial charge in [-0.1, -0.05) is 13.8 Å². The number of aryl methyl sites for hydroxylation is 1. The van der Waals surface area contributed by atoms with Crippen molar-refractivity contribution in [2.75, 3.05) is 0 Å². The first-order chi connectivity index (χ1) is 6.16. The minimum absolute atomic E-state index is 0.664. The molecule has 0 saturated carbocycles. The monoisotopic (exact) mass is 178 g/mol. The molecule has 1 N–H and O–H groups in total. The highest BCUT2D eigenvalue weighted by atomic mass is 15.4. The summed E-state index contributed by atoms with van der Waals surface area (Å²) in [7, 11) is 0. The Morgan fingerprint density at radius 1 is 1.46 bits per heavy atom. The molecule has 0 bridgehead atoms. The fraction of sp³-hybridized carbons (Fsp3) is 0.556. The standard InChI is InChI=1S/C9H14N4/c1-6(2)4-8-5-9-11-10-7(3)13(9)12-8/h5-6,12H,4H2,1-3H3. The Hall–Kier alpha value is -1.32. The van der Waals surface area contributed by atoms with E-state index in [4.69, 9.17) is 0 Å². The van der Waals surface area contributed by atoms with Crippen molar-refractivity contribution in [1.29, 1.82) is 0 Å². The Morgan fingerprint density at radius 2 is 2.23 bits per heavy atom. The maximum atomic E-state index is 4.03. The summed E-state index contributed by atoms with van der Waals surface area (Å²) in [5, 5.41) is 11.3. The van der Waals surface area contributed by atoms with Crippen LogP contribution in [0.2, 0.25) is 0 Å². The van der Waals surface area contributed by atoms with Gasteiger partial charge in [0.15, 0.2) is 5.65 Å². The highest BCUT2D eigenvalue weighted by molar-refractivity contribution is 5.38. The lowest BCUT2D eigenvalue weighted by Crippen LogP contribution is -1.96. The van der Waals surface area contributed by atoms with Crippen LogP contribution in [-0.2, 0) is 6.42 Å². The maximum absolute atomic E-state index is 4.03. The van der Waals surface area contributed by atoms with Gasteiger partial charge in [0.2, 0.25) is 0 Å². The zero-order chi connectivity index (χ0) is 9.42. The zero-order valence-corrected chi connectivity index (χ0v) is 8.20. The maximum Gasteiger partial charge on any atom is 0.177 e. The van der Waals surface area contributed by atoms with Crippen LogP contribution in [0.25, 0.3) is 5.65 Å². The third-order valence-corrected chi connectivity index (χ3v) is 2.04. The lowest BCUT2D eigenvalue weighted by atomic mass is 10.1. The lowest BCUT2D eigenvalue weighted by Gasteiger charge is -1.99. The predicted molar refractivity (Wildman–Crippen MR) is 50.6 cm³/mol. The van der Waals surface area contributed by atoms with E-state index in [0.717, 1.165) is 17.9 Å². The smallest absolute Gasteiger partial charge is 0.177 e. The number of nitrogens with zero attached hydrogens (tertiary/aromatic N) is 3. The number of aromatic amines is 1. The number of nitrogens with one attached hydrogen (secondary N) is 1. The molecule has 4 heteroatoms. The molecule has 13 heavy (non-hydrogen) atoms. The SMILES string of the molecule is Cc1nnc2cc(CC(C)C)[nH]n12. The van der Waals surface area contributed by atoms with Gasteiger partial charge in [-0.3, -0.25) is 5.10 Å². The highest BCUT2D eigenvalue weighted by Gasteiger charge is 2.06. The van der Waals surface area contributed by atoms with E-state index in [1.165, 1.54) is 5.69 Å². The minimum Gasteiger partial charge on any atom is -0.295 e. The van der Waals surface area contributed by atoms with Crippen LogP contribution in [0.15, 0.2) is 6.07 Å². The van der Waals surface area contributed by atoms with E-state index in [1.54, 1.807) is 0 Å². The van der Waals surface area contributed by atoms with Crippen molar-refractivity contribution in [2.45, 2.75) is 27.2 Å². The Bertz CT molecular complexity index is 410.